The molecule has 0 radical (unpaired) electrons. The van der Waals surface area contributed by atoms with Crippen LogP contribution in [-0.4, -0.2) is 39.1 Å². The van der Waals surface area contributed by atoms with Crippen LogP contribution in [0.15, 0.2) is 60.2 Å². The lowest BCUT2D eigenvalue weighted by atomic mass is 10.1. The van der Waals surface area contributed by atoms with Gasteiger partial charge in [-0.25, -0.2) is 4.99 Å². The molecule has 156 valence electrons. The van der Waals surface area contributed by atoms with E-state index in [1.165, 1.54) is 0 Å². The van der Waals surface area contributed by atoms with Gasteiger partial charge in [0.2, 0.25) is 0 Å². The van der Waals surface area contributed by atoms with Crippen LogP contribution in [0, 0.1) is 0 Å². The number of carbonyl (C=O) groups is 1. The zero-order valence-corrected chi connectivity index (χ0v) is 17.7. The average Bonchev–Trinajstić information content (AvgIpc) is 3.10. The van der Waals surface area contributed by atoms with Crippen molar-refractivity contribution in [3.8, 4) is 0 Å². The van der Waals surface area contributed by atoms with Gasteiger partial charge in [0.1, 0.15) is 5.49 Å². The summed E-state index contributed by atoms with van der Waals surface area (Å²) in [6.45, 7) is 8.39. The van der Waals surface area contributed by atoms with E-state index in [0.29, 0.717) is 17.8 Å². The standard InChI is InChI=1S/C24H29N5O/c1-4-28-13-11-19(24(30)29-12-7-9-20(25)16-29)15-23(28)26-17(2)22-14-18-8-5-6-10-21(18)27(22)3/h5-6,8,10-11,13-15,20H,2,4,7,9,12,16,25H2,1,3H3/b26-23-/t20-/m1/s1. The van der Waals surface area contributed by atoms with Gasteiger partial charge in [-0.1, -0.05) is 24.8 Å². The highest BCUT2D eigenvalue weighted by atomic mass is 16.2. The highest BCUT2D eigenvalue weighted by Gasteiger charge is 2.22. The van der Waals surface area contributed by atoms with E-state index in [4.69, 9.17) is 10.7 Å². The number of nitrogens with zero attached hydrogens (tertiary/aromatic N) is 4. The fraction of sp³-hybridized carbons (Fsp3) is 0.333. The number of aryl methyl sites for hydroxylation is 2. The highest BCUT2D eigenvalue weighted by molar-refractivity contribution is 5.94. The highest BCUT2D eigenvalue weighted by Crippen LogP contribution is 2.23. The number of rotatable bonds is 4. The van der Waals surface area contributed by atoms with Crippen molar-refractivity contribution in [1.29, 1.82) is 0 Å². The van der Waals surface area contributed by atoms with E-state index in [2.05, 4.69) is 36.3 Å². The van der Waals surface area contributed by atoms with Crippen LogP contribution < -0.4 is 11.2 Å². The number of hydrogen-bond acceptors (Lipinski definition) is 3. The Morgan fingerprint density at radius 3 is 2.80 bits per heavy atom. The summed E-state index contributed by atoms with van der Waals surface area (Å²) in [4.78, 5) is 19.7. The van der Waals surface area contributed by atoms with E-state index >= 15 is 0 Å². The second kappa shape index (κ2) is 8.32. The molecule has 1 aliphatic rings. The quantitative estimate of drug-likeness (QED) is 0.727. The smallest absolute Gasteiger partial charge is 0.254 e. The Morgan fingerprint density at radius 1 is 1.27 bits per heavy atom. The van der Waals surface area contributed by atoms with Gasteiger partial charge in [0.25, 0.3) is 5.91 Å². The molecule has 6 nitrogen and oxygen atoms in total. The van der Waals surface area contributed by atoms with Gasteiger partial charge >= 0.3 is 0 Å². The fourth-order valence-corrected chi connectivity index (χ4v) is 4.15. The molecule has 1 aliphatic heterocycles. The number of carbonyl (C=O) groups excluding carboxylic acids is 1. The number of pyridine rings is 1. The summed E-state index contributed by atoms with van der Waals surface area (Å²) in [5.41, 5.74) is 10.2. The van der Waals surface area contributed by atoms with Gasteiger partial charge in [0, 0.05) is 55.4 Å². The summed E-state index contributed by atoms with van der Waals surface area (Å²) in [7, 11) is 2.02. The first-order valence-electron chi connectivity index (χ1n) is 10.5. The third kappa shape index (κ3) is 3.83. The van der Waals surface area contributed by atoms with Crippen molar-refractivity contribution < 1.29 is 4.79 Å². The van der Waals surface area contributed by atoms with Crippen LogP contribution in [0.5, 0.6) is 0 Å². The molecule has 0 saturated carbocycles. The fourth-order valence-electron chi connectivity index (χ4n) is 4.15. The molecular formula is C24H29N5O. The van der Waals surface area contributed by atoms with Gasteiger partial charge in [-0.05, 0) is 44.0 Å². The molecule has 1 amide bonds. The number of fused-ring (bicyclic) bond motifs is 1. The number of piperidine rings is 1. The monoisotopic (exact) mass is 403 g/mol. The predicted molar refractivity (Wildman–Crippen MR) is 121 cm³/mol. The first-order chi connectivity index (χ1) is 14.5. The Bertz CT molecular complexity index is 1170. The van der Waals surface area contributed by atoms with Crippen molar-refractivity contribution in [1.82, 2.24) is 14.0 Å². The Balaban J connectivity index is 1.70. The van der Waals surface area contributed by atoms with Crippen molar-refractivity contribution in [2.24, 2.45) is 17.8 Å². The van der Waals surface area contributed by atoms with E-state index < -0.39 is 0 Å². The molecule has 0 unspecified atom stereocenters. The third-order valence-electron chi connectivity index (χ3n) is 5.84. The summed E-state index contributed by atoms with van der Waals surface area (Å²) >= 11 is 0. The first kappa shape index (κ1) is 20.2. The van der Waals surface area contributed by atoms with Crippen LogP contribution in [0.4, 0.5) is 0 Å². The van der Waals surface area contributed by atoms with Crippen LogP contribution >= 0.6 is 0 Å². The van der Waals surface area contributed by atoms with Gasteiger partial charge in [0.15, 0.2) is 0 Å². The largest absolute Gasteiger partial charge is 0.342 e. The van der Waals surface area contributed by atoms with Gasteiger partial charge in [-0.15, -0.1) is 0 Å². The topological polar surface area (TPSA) is 68.5 Å². The zero-order chi connectivity index (χ0) is 21.3. The molecular weight excluding hydrogens is 374 g/mol. The molecule has 0 aliphatic carbocycles. The molecule has 1 atom stereocenters. The molecule has 3 heterocycles. The number of hydrogen-bond donors (Lipinski definition) is 1. The minimum Gasteiger partial charge on any atom is -0.342 e. The summed E-state index contributed by atoms with van der Waals surface area (Å²) in [5, 5.41) is 1.15. The lowest BCUT2D eigenvalue weighted by Crippen LogP contribution is -2.46. The van der Waals surface area contributed by atoms with Crippen LogP contribution in [0.3, 0.4) is 0 Å². The maximum atomic E-state index is 13.0. The van der Waals surface area contributed by atoms with Crippen molar-refractivity contribution in [2.75, 3.05) is 13.1 Å². The normalized spacial score (nSPS) is 17.5. The summed E-state index contributed by atoms with van der Waals surface area (Å²) in [6.07, 6.45) is 3.84. The van der Waals surface area contributed by atoms with E-state index in [0.717, 1.165) is 48.0 Å². The number of para-hydroxylation sites is 1. The predicted octanol–water partition coefficient (Wildman–Crippen LogP) is 3.13. The molecule has 1 aromatic carbocycles. The average molecular weight is 404 g/mol. The van der Waals surface area contributed by atoms with Gasteiger partial charge in [0.05, 0.1) is 11.4 Å². The summed E-state index contributed by atoms with van der Waals surface area (Å²) < 4.78 is 4.12. The molecule has 3 aromatic rings. The lowest BCUT2D eigenvalue weighted by molar-refractivity contribution is 0.0708. The SMILES string of the molecule is C=C(/N=c1/cc(C(=O)N2CCC[C@@H](N)C2)ccn1CC)c1cc2ccccc2n1C. The molecule has 2 N–H and O–H groups in total. The Morgan fingerprint density at radius 2 is 2.07 bits per heavy atom. The summed E-state index contributed by atoms with van der Waals surface area (Å²) in [5.74, 6) is 0.0140. The minimum absolute atomic E-state index is 0.0140. The molecule has 2 aromatic heterocycles. The van der Waals surface area contributed by atoms with Gasteiger partial charge < -0.3 is 19.8 Å². The number of benzene rings is 1. The van der Waals surface area contributed by atoms with Crippen molar-refractivity contribution in [3.63, 3.8) is 0 Å². The molecule has 1 saturated heterocycles. The second-order valence-electron chi connectivity index (χ2n) is 7.92. The van der Waals surface area contributed by atoms with Gasteiger partial charge in [-0.3, -0.25) is 4.79 Å². The molecule has 0 spiro atoms. The van der Waals surface area contributed by atoms with E-state index in [1.807, 2.05) is 47.0 Å². The number of amides is 1. The first-order valence-corrected chi connectivity index (χ1v) is 10.5. The zero-order valence-electron chi connectivity index (χ0n) is 17.7. The van der Waals surface area contributed by atoms with Crippen LogP contribution in [0.1, 0.15) is 35.8 Å². The van der Waals surface area contributed by atoms with Crippen LogP contribution in [-0.2, 0) is 13.6 Å². The van der Waals surface area contributed by atoms with Crippen LogP contribution in [0.25, 0.3) is 16.6 Å². The Labute approximate surface area is 176 Å². The molecule has 0 bridgehead atoms. The van der Waals surface area contributed by atoms with Crippen molar-refractivity contribution >= 4 is 22.5 Å². The third-order valence-corrected chi connectivity index (χ3v) is 5.84. The molecule has 30 heavy (non-hydrogen) atoms. The molecule has 1 fully saturated rings. The number of nitrogens with two attached hydrogens (primary N) is 1. The second-order valence-corrected chi connectivity index (χ2v) is 7.92. The van der Waals surface area contributed by atoms with E-state index in [-0.39, 0.29) is 11.9 Å². The lowest BCUT2D eigenvalue weighted by Gasteiger charge is -2.30. The van der Waals surface area contributed by atoms with Crippen LogP contribution in [0.2, 0.25) is 0 Å². The van der Waals surface area contributed by atoms with Crippen molar-refractivity contribution in [2.45, 2.75) is 32.4 Å². The maximum absolute atomic E-state index is 13.0. The summed E-state index contributed by atoms with van der Waals surface area (Å²) in [6, 6.07) is 14.1. The van der Waals surface area contributed by atoms with Gasteiger partial charge in [-0.2, -0.15) is 0 Å². The number of aromatic nitrogens is 2. The number of likely N-dealkylation sites (tertiary alicyclic amines) is 1. The maximum Gasteiger partial charge on any atom is 0.254 e. The van der Waals surface area contributed by atoms with E-state index in [9.17, 15) is 4.79 Å². The molecule has 6 heteroatoms. The molecule has 4 rings (SSSR count). The van der Waals surface area contributed by atoms with Crippen molar-refractivity contribution in [3.05, 3.63) is 72.0 Å². The Kier molecular flexibility index (Phi) is 5.59. The minimum atomic E-state index is 0.0140. The van der Waals surface area contributed by atoms with E-state index in [1.54, 1.807) is 0 Å². The Hall–Kier alpha value is -3.12.